The summed E-state index contributed by atoms with van der Waals surface area (Å²) in [5.74, 6) is -0.472. The number of anilines is 1. The molecular formula is C14H10N6O. The number of carbonyl (C=O) groups excluding carboxylic acids is 1. The van der Waals surface area contributed by atoms with Gasteiger partial charge in [0.05, 0.1) is 11.9 Å². The number of carbonyl (C=O) groups is 1. The predicted molar refractivity (Wildman–Crippen MR) is 74.6 cm³/mol. The van der Waals surface area contributed by atoms with E-state index < -0.39 is 5.91 Å². The van der Waals surface area contributed by atoms with Gasteiger partial charge in [-0.1, -0.05) is 18.2 Å². The maximum absolute atomic E-state index is 12.3. The summed E-state index contributed by atoms with van der Waals surface area (Å²) < 4.78 is 2.55. The van der Waals surface area contributed by atoms with E-state index in [-0.39, 0.29) is 17.1 Å². The number of benzene rings is 1. The second-order valence-electron chi connectivity index (χ2n) is 4.25. The number of nitrogens with two attached hydrogens (primary N) is 1. The first-order valence-electron chi connectivity index (χ1n) is 6.10. The van der Waals surface area contributed by atoms with E-state index in [4.69, 9.17) is 11.0 Å². The second-order valence-corrected chi connectivity index (χ2v) is 4.25. The molecule has 0 aliphatic rings. The first-order valence-corrected chi connectivity index (χ1v) is 6.10. The summed E-state index contributed by atoms with van der Waals surface area (Å²) in [6.45, 7) is 0. The molecular weight excluding hydrogens is 268 g/mol. The quantitative estimate of drug-likeness (QED) is 0.759. The average Bonchev–Trinajstić information content (AvgIpc) is 3.14. The van der Waals surface area contributed by atoms with Gasteiger partial charge in [-0.05, 0) is 18.2 Å². The molecule has 0 amide bonds. The minimum absolute atomic E-state index is 0.0109. The van der Waals surface area contributed by atoms with Crippen LogP contribution in [0.1, 0.15) is 16.1 Å². The predicted octanol–water partition coefficient (Wildman–Crippen LogP) is 1.21. The van der Waals surface area contributed by atoms with E-state index in [1.165, 1.54) is 6.20 Å². The van der Waals surface area contributed by atoms with Gasteiger partial charge in [0.1, 0.15) is 17.5 Å². The Hall–Kier alpha value is -3.40. The molecule has 0 atom stereocenters. The van der Waals surface area contributed by atoms with Gasteiger partial charge in [-0.15, -0.1) is 0 Å². The fraction of sp³-hybridized carbons (Fsp3) is 0. The molecule has 0 bridgehead atoms. The van der Waals surface area contributed by atoms with Crippen molar-refractivity contribution in [3.63, 3.8) is 0 Å². The van der Waals surface area contributed by atoms with Crippen molar-refractivity contribution in [3.05, 3.63) is 60.0 Å². The van der Waals surface area contributed by atoms with Crippen molar-refractivity contribution in [1.29, 1.82) is 5.26 Å². The number of nitrogens with zero attached hydrogens (tertiary/aromatic N) is 5. The molecule has 0 aliphatic heterocycles. The maximum Gasteiger partial charge on any atom is 0.300 e. The Kier molecular flexibility index (Phi) is 2.97. The van der Waals surface area contributed by atoms with Crippen LogP contribution in [0.3, 0.4) is 0 Å². The number of hydrogen-bond acceptors (Lipinski definition) is 5. The van der Waals surface area contributed by atoms with Crippen LogP contribution >= 0.6 is 0 Å². The first kappa shape index (κ1) is 12.6. The van der Waals surface area contributed by atoms with Crippen molar-refractivity contribution in [2.45, 2.75) is 0 Å². The molecule has 0 saturated carbocycles. The third-order valence-electron chi connectivity index (χ3n) is 2.95. The number of para-hydroxylation sites is 1. The van der Waals surface area contributed by atoms with Gasteiger partial charge in [-0.3, -0.25) is 4.79 Å². The molecule has 0 unspecified atom stereocenters. The van der Waals surface area contributed by atoms with E-state index in [9.17, 15) is 4.79 Å². The molecule has 7 heteroatoms. The zero-order chi connectivity index (χ0) is 14.8. The summed E-state index contributed by atoms with van der Waals surface area (Å²) >= 11 is 0. The summed E-state index contributed by atoms with van der Waals surface area (Å²) in [7, 11) is 0. The standard InChI is InChI=1S/C14H10N6O/c15-8-10-9-17-20(13(10)16)14(21)12-6-7-19(18-12)11-4-2-1-3-5-11/h1-7,9H,16H2. The van der Waals surface area contributed by atoms with Gasteiger partial charge in [0, 0.05) is 6.20 Å². The maximum atomic E-state index is 12.3. The molecule has 0 aliphatic carbocycles. The number of nitrogen functional groups attached to an aromatic ring is 1. The van der Waals surface area contributed by atoms with Crippen molar-refractivity contribution in [1.82, 2.24) is 19.6 Å². The van der Waals surface area contributed by atoms with Gasteiger partial charge in [0.15, 0.2) is 5.69 Å². The van der Waals surface area contributed by atoms with Crippen LogP contribution in [0.4, 0.5) is 5.82 Å². The summed E-state index contributed by atoms with van der Waals surface area (Å²) in [5, 5.41) is 16.8. The number of rotatable bonds is 2. The van der Waals surface area contributed by atoms with E-state index in [2.05, 4.69) is 10.2 Å². The van der Waals surface area contributed by atoms with Gasteiger partial charge in [-0.2, -0.15) is 20.1 Å². The van der Waals surface area contributed by atoms with Crippen molar-refractivity contribution < 1.29 is 4.79 Å². The van der Waals surface area contributed by atoms with Gasteiger partial charge >= 0.3 is 5.91 Å². The monoisotopic (exact) mass is 278 g/mol. The molecule has 0 fully saturated rings. The fourth-order valence-corrected chi connectivity index (χ4v) is 1.88. The van der Waals surface area contributed by atoms with Crippen LogP contribution in [0, 0.1) is 11.3 Å². The fourth-order valence-electron chi connectivity index (χ4n) is 1.88. The molecule has 0 spiro atoms. The Morgan fingerprint density at radius 1 is 1.24 bits per heavy atom. The minimum atomic E-state index is -0.483. The van der Waals surface area contributed by atoms with Crippen LogP contribution in [0.15, 0.2) is 48.8 Å². The van der Waals surface area contributed by atoms with Crippen molar-refractivity contribution in [3.8, 4) is 11.8 Å². The van der Waals surface area contributed by atoms with Crippen molar-refractivity contribution in [2.24, 2.45) is 0 Å². The molecule has 102 valence electrons. The van der Waals surface area contributed by atoms with Gasteiger partial charge < -0.3 is 5.73 Å². The molecule has 0 saturated heterocycles. The first-order chi connectivity index (χ1) is 10.2. The molecule has 2 N–H and O–H groups in total. The lowest BCUT2D eigenvalue weighted by Crippen LogP contribution is -2.17. The van der Waals surface area contributed by atoms with Crippen LogP contribution in [-0.4, -0.2) is 25.5 Å². The third-order valence-corrected chi connectivity index (χ3v) is 2.95. The minimum Gasteiger partial charge on any atom is -0.382 e. The highest BCUT2D eigenvalue weighted by Gasteiger charge is 2.18. The highest BCUT2D eigenvalue weighted by atomic mass is 16.2. The Bertz CT molecular complexity index is 840. The van der Waals surface area contributed by atoms with E-state index in [1.54, 1.807) is 16.9 Å². The summed E-state index contributed by atoms with van der Waals surface area (Å²) in [6.07, 6.45) is 2.93. The van der Waals surface area contributed by atoms with Crippen LogP contribution in [0.2, 0.25) is 0 Å². The molecule has 7 nitrogen and oxygen atoms in total. The smallest absolute Gasteiger partial charge is 0.300 e. The van der Waals surface area contributed by atoms with E-state index in [0.29, 0.717) is 0 Å². The van der Waals surface area contributed by atoms with E-state index >= 15 is 0 Å². The lowest BCUT2D eigenvalue weighted by molar-refractivity contribution is 0.0942. The summed E-state index contributed by atoms with van der Waals surface area (Å²) in [6, 6.07) is 12.8. The average molecular weight is 278 g/mol. The molecule has 1 aromatic carbocycles. The Morgan fingerprint density at radius 3 is 2.67 bits per heavy atom. The number of nitriles is 1. The van der Waals surface area contributed by atoms with E-state index in [0.717, 1.165) is 10.4 Å². The third kappa shape index (κ3) is 2.15. The van der Waals surface area contributed by atoms with Crippen LogP contribution in [0.25, 0.3) is 5.69 Å². The topological polar surface area (TPSA) is 103 Å². The molecule has 3 aromatic rings. The highest BCUT2D eigenvalue weighted by molar-refractivity contribution is 5.95. The van der Waals surface area contributed by atoms with Crippen molar-refractivity contribution >= 4 is 11.7 Å². The highest BCUT2D eigenvalue weighted by Crippen LogP contribution is 2.12. The Morgan fingerprint density at radius 2 is 2.00 bits per heavy atom. The lowest BCUT2D eigenvalue weighted by atomic mass is 10.3. The molecule has 2 aromatic heterocycles. The lowest BCUT2D eigenvalue weighted by Gasteiger charge is -2.01. The van der Waals surface area contributed by atoms with Gasteiger partial charge in [-0.25, -0.2) is 4.68 Å². The molecule has 21 heavy (non-hydrogen) atoms. The molecule has 2 heterocycles. The van der Waals surface area contributed by atoms with Crippen molar-refractivity contribution in [2.75, 3.05) is 5.73 Å². The zero-order valence-corrected chi connectivity index (χ0v) is 10.8. The SMILES string of the molecule is N#Cc1cnn(C(=O)c2ccn(-c3ccccc3)n2)c1N. The Balaban J connectivity index is 1.95. The van der Waals surface area contributed by atoms with Crippen LogP contribution < -0.4 is 5.73 Å². The molecule has 3 rings (SSSR count). The largest absolute Gasteiger partial charge is 0.382 e. The van der Waals surface area contributed by atoms with Crippen LogP contribution in [0.5, 0.6) is 0 Å². The van der Waals surface area contributed by atoms with Gasteiger partial charge in [0.25, 0.3) is 0 Å². The molecule has 0 radical (unpaired) electrons. The number of hydrogen-bond donors (Lipinski definition) is 1. The summed E-state index contributed by atoms with van der Waals surface area (Å²) in [4.78, 5) is 12.3. The van der Waals surface area contributed by atoms with Crippen LogP contribution in [-0.2, 0) is 0 Å². The Labute approximate surface area is 119 Å². The van der Waals surface area contributed by atoms with Gasteiger partial charge in [0.2, 0.25) is 0 Å². The summed E-state index contributed by atoms with van der Waals surface area (Å²) in [5.41, 5.74) is 6.88. The zero-order valence-electron chi connectivity index (χ0n) is 10.8. The second kappa shape index (κ2) is 4.94. The van der Waals surface area contributed by atoms with E-state index in [1.807, 2.05) is 36.4 Å². The normalized spacial score (nSPS) is 10.2. The number of aromatic nitrogens is 4.